The Hall–Kier alpha value is -1.72. The Kier molecular flexibility index (Phi) is 3.21. The van der Waals surface area contributed by atoms with E-state index >= 15 is 0 Å². The first-order valence-corrected chi connectivity index (χ1v) is 5.24. The molecule has 3 nitrogen and oxygen atoms in total. The normalized spacial score (nSPS) is 15.4. The van der Waals surface area contributed by atoms with Crippen molar-refractivity contribution in [3.05, 3.63) is 35.4 Å². The Morgan fingerprint density at radius 3 is 2.47 bits per heavy atom. The molecule has 0 bridgehead atoms. The van der Waals surface area contributed by atoms with E-state index in [1.807, 2.05) is 0 Å². The van der Waals surface area contributed by atoms with Crippen LogP contribution in [-0.2, 0) is 12.7 Å². The highest BCUT2D eigenvalue weighted by Crippen LogP contribution is 2.28. The van der Waals surface area contributed by atoms with Gasteiger partial charge in [-0.25, -0.2) is 0 Å². The first-order chi connectivity index (χ1) is 8.05. The van der Waals surface area contributed by atoms with Gasteiger partial charge in [0.15, 0.2) is 5.96 Å². The van der Waals surface area contributed by atoms with Crippen molar-refractivity contribution in [2.75, 3.05) is 13.1 Å². The SMILES string of the molecule is FC(F)(F)c1ccc(CNC2=NCCN2)cc1. The number of guanidine groups is 1. The lowest BCUT2D eigenvalue weighted by Crippen LogP contribution is -2.33. The monoisotopic (exact) mass is 243 g/mol. The summed E-state index contributed by atoms with van der Waals surface area (Å²) in [6, 6.07) is 5.10. The minimum absolute atomic E-state index is 0.462. The van der Waals surface area contributed by atoms with E-state index in [0.29, 0.717) is 12.5 Å². The van der Waals surface area contributed by atoms with Gasteiger partial charge in [0.1, 0.15) is 0 Å². The number of alkyl halides is 3. The van der Waals surface area contributed by atoms with Gasteiger partial charge in [0.25, 0.3) is 0 Å². The van der Waals surface area contributed by atoms with E-state index in [4.69, 9.17) is 0 Å². The van der Waals surface area contributed by atoms with Crippen LogP contribution in [-0.4, -0.2) is 19.0 Å². The molecule has 2 rings (SSSR count). The molecule has 17 heavy (non-hydrogen) atoms. The number of nitrogens with one attached hydrogen (secondary N) is 2. The number of hydrogen-bond acceptors (Lipinski definition) is 3. The standard InChI is InChI=1S/C11H12F3N3/c12-11(13,14)9-3-1-8(2-4-9)7-17-10-15-5-6-16-10/h1-4H,5-7H2,(H2,15,16,17). The molecule has 1 heterocycles. The van der Waals surface area contributed by atoms with E-state index in [1.165, 1.54) is 12.1 Å². The molecule has 0 aliphatic carbocycles. The quantitative estimate of drug-likeness (QED) is 0.830. The summed E-state index contributed by atoms with van der Waals surface area (Å²) < 4.78 is 36.9. The van der Waals surface area contributed by atoms with E-state index in [-0.39, 0.29) is 0 Å². The van der Waals surface area contributed by atoms with Crippen molar-refractivity contribution in [2.24, 2.45) is 4.99 Å². The van der Waals surface area contributed by atoms with Crippen LogP contribution in [0.3, 0.4) is 0 Å². The molecule has 0 spiro atoms. The molecule has 0 saturated carbocycles. The molecule has 0 atom stereocenters. The summed E-state index contributed by atoms with van der Waals surface area (Å²) in [6.07, 6.45) is -4.27. The van der Waals surface area contributed by atoms with Gasteiger partial charge in [0.2, 0.25) is 0 Å². The third-order valence-electron chi connectivity index (χ3n) is 2.42. The van der Waals surface area contributed by atoms with Gasteiger partial charge in [0, 0.05) is 13.1 Å². The second-order valence-corrected chi connectivity index (χ2v) is 3.71. The van der Waals surface area contributed by atoms with Gasteiger partial charge >= 0.3 is 6.18 Å². The Labute approximate surface area is 96.7 Å². The largest absolute Gasteiger partial charge is 0.416 e. The van der Waals surface area contributed by atoms with Gasteiger partial charge in [-0.1, -0.05) is 12.1 Å². The summed E-state index contributed by atoms with van der Waals surface area (Å²) >= 11 is 0. The Morgan fingerprint density at radius 1 is 1.24 bits per heavy atom. The summed E-state index contributed by atoms with van der Waals surface area (Å²) in [5.41, 5.74) is 0.159. The average Bonchev–Trinajstić information content (AvgIpc) is 2.78. The van der Waals surface area contributed by atoms with E-state index < -0.39 is 11.7 Å². The lowest BCUT2D eigenvalue weighted by Gasteiger charge is -2.09. The molecule has 0 saturated heterocycles. The van der Waals surface area contributed by atoms with Crippen LogP contribution in [0.15, 0.2) is 29.3 Å². The predicted octanol–water partition coefficient (Wildman–Crippen LogP) is 1.75. The van der Waals surface area contributed by atoms with Crippen molar-refractivity contribution in [1.29, 1.82) is 0 Å². The second kappa shape index (κ2) is 4.65. The summed E-state index contributed by atoms with van der Waals surface area (Å²) in [6.45, 7) is 1.99. The van der Waals surface area contributed by atoms with Crippen LogP contribution in [0.2, 0.25) is 0 Å². The summed E-state index contributed by atoms with van der Waals surface area (Å²) in [5, 5.41) is 6.04. The molecule has 1 aromatic rings. The minimum atomic E-state index is -4.27. The number of nitrogens with zero attached hydrogens (tertiary/aromatic N) is 1. The molecular formula is C11H12F3N3. The van der Waals surface area contributed by atoms with Gasteiger partial charge in [-0.2, -0.15) is 13.2 Å². The third-order valence-corrected chi connectivity index (χ3v) is 2.42. The lowest BCUT2D eigenvalue weighted by molar-refractivity contribution is -0.137. The summed E-state index contributed by atoms with van der Waals surface area (Å²) in [4.78, 5) is 4.12. The molecule has 2 N–H and O–H groups in total. The molecule has 1 aromatic carbocycles. The van der Waals surface area contributed by atoms with Crippen LogP contribution >= 0.6 is 0 Å². The topological polar surface area (TPSA) is 36.4 Å². The number of rotatable bonds is 2. The molecule has 1 aliphatic rings. The first-order valence-electron chi connectivity index (χ1n) is 5.24. The van der Waals surface area contributed by atoms with Crippen LogP contribution in [0, 0.1) is 0 Å². The first kappa shape index (κ1) is 11.8. The minimum Gasteiger partial charge on any atom is -0.355 e. The highest BCUT2D eigenvalue weighted by Gasteiger charge is 2.29. The molecule has 0 fully saturated rings. The molecule has 0 radical (unpaired) electrons. The molecule has 0 aromatic heterocycles. The smallest absolute Gasteiger partial charge is 0.355 e. The fraction of sp³-hybridized carbons (Fsp3) is 0.364. The molecular weight excluding hydrogens is 231 g/mol. The molecule has 92 valence electrons. The van der Waals surface area contributed by atoms with E-state index in [1.54, 1.807) is 0 Å². The van der Waals surface area contributed by atoms with Crippen LogP contribution in [0.5, 0.6) is 0 Å². The molecule has 1 aliphatic heterocycles. The summed E-state index contributed by atoms with van der Waals surface area (Å²) in [5.74, 6) is 0.699. The highest BCUT2D eigenvalue weighted by molar-refractivity contribution is 5.81. The molecule has 6 heteroatoms. The zero-order valence-corrected chi connectivity index (χ0v) is 9.01. The van der Waals surface area contributed by atoms with E-state index in [0.717, 1.165) is 30.8 Å². The van der Waals surface area contributed by atoms with Gasteiger partial charge in [0.05, 0.1) is 12.1 Å². The summed E-state index contributed by atoms with van der Waals surface area (Å²) in [7, 11) is 0. The maximum absolute atomic E-state index is 12.3. The number of aliphatic imine (C=N–C) groups is 1. The lowest BCUT2D eigenvalue weighted by atomic mass is 10.1. The van der Waals surface area contributed by atoms with Crippen LogP contribution in [0.4, 0.5) is 13.2 Å². The Bertz CT molecular complexity index is 409. The van der Waals surface area contributed by atoms with Crippen LogP contribution < -0.4 is 10.6 Å². The van der Waals surface area contributed by atoms with Gasteiger partial charge in [-0.15, -0.1) is 0 Å². The zero-order chi connectivity index (χ0) is 12.3. The van der Waals surface area contributed by atoms with Crippen molar-refractivity contribution in [1.82, 2.24) is 10.6 Å². The number of hydrogen-bond donors (Lipinski definition) is 2. The Morgan fingerprint density at radius 2 is 1.94 bits per heavy atom. The number of halogens is 3. The number of benzene rings is 1. The zero-order valence-electron chi connectivity index (χ0n) is 9.01. The highest BCUT2D eigenvalue weighted by atomic mass is 19.4. The van der Waals surface area contributed by atoms with Gasteiger partial charge < -0.3 is 10.6 Å². The van der Waals surface area contributed by atoms with Crippen molar-refractivity contribution in [3.63, 3.8) is 0 Å². The van der Waals surface area contributed by atoms with E-state index in [9.17, 15) is 13.2 Å². The fourth-order valence-electron chi connectivity index (χ4n) is 1.51. The van der Waals surface area contributed by atoms with Crippen LogP contribution in [0.1, 0.15) is 11.1 Å². The van der Waals surface area contributed by atoms with E-state index in [2.05, 4.69) is 15.6 Å². The second-order valence-electron chi connectivity index (χ2n) is 3.71. The average molecular weight is 243 g/mol. The third kappa shape index (κ3) is 3.12. The molecule has 0 unspecified atom stereocenters. The van der Waals surface area contributed by atoms with Gasteiger partial charge in [-0.05, 0) is 17.7 Å². The van der Waals surface area contributed by atoms with Crippen molar-refractivity contribution in [3.8, 4) is 0 Å². The van der Waals surface area contributed by atoms with Crippen LogP contribution in [0.25, 0.3) is 0 Å². The maximum atomic E-state index is 12.3. The predicted molar refractivity (Wildman–Crippen MR) is 58.6 cm³/mol. The Balaban J connectivity index is 1.94. The fourth-order valence-corrected chi connectivity index (χ4v) is 1.51. The van der Waals surface area contributed by atoms with Gasteiger partial charge in [-0.3, -0.25) is 4.99 Å². The van der Waals surface area contributed by atoms with Crippen molar-refractivity contribution < 1.29 is 13.2 Å². The maximum Gasteiger partial charge on any atom is 0.416 e. The van der Waals surface area contributed by atoms with Crippen molar-refractivity contribution in [2.45, 2.75) is 12.7 Å². The van der Waals surface area contributed by atoms with Crippen molar-refractivity contribution >= 4 is 5.96 Å². The molecule has 0 amide bonds.